The molecule has 0 aliphatic carbocycles. The predicted octanol–water partition coefficient (Wildman–Crippen LogP) is 1.36. The highest BCUT2D eigenvalue weighted by Crippen LogP contribution is 2.21. The summed E-state index contributed by atoms with van der Waals surface area (Å²) in [6.07, 6.45) is 0. The first-order chi connectivity index (χ1) is 12.2. The molecule has 1 aromatic carbocycles. The number of anilines is 1. The average molecular weight is 415 g/mol. The number of nitrogens with two attached hydrogens (primary N) is 1. The number of primary amides is 1. The third kappa shape index (κ3) is 5.27. The van der Waals surface area contributed by atoms with Crippen LogP contribution in [0, 0.1) is 0 Å². The smallest absolute Gasteiger partial charge is 0.257 e. The number of sulfonamides is 1. The van der Waals surface area contributed by atoms with Crippen molar-refractivity contribution in [2.75, 3.05) is 25.2 Å². The Balaban J connectivity index is 2.00. The maximum atomic E-state index is 12.3. The van der Waals surface area contributed by atoms with E-state index in [1.165, 1.54) is 61.5 Å². The molecule has 0 fully saturated rings. The van der Waals surface area contributed by atoms with Crippen molar-refractivity contribution in [3.05, 3.63) is 40.9 Å². The van der Waals surface area contributed by atoms with E-state index in [0.717, 1.165) is 10.00 Å². The van der Waals surface area contributed by atoms with Crippen LogP contribution in [0.1, 0.15) is 16.1 Å². The predicted molar refractivity (Wildman–Crippen MR) is 103 cm³/mol. The summed E-state index contributed by atoms with van der Waals surface area (Å²) in [4.78, 5) is 27.3. The number of nitrogens with one attached hydrogen (secondary N) is 1. The van der Waals surface area contributed by atoms with Crippen LogP contribution >= 0.6 is 23.1 Å². The average Bonchev–Trinajstić information content (AvgIpc) is 3.01. The van der Waals surface area contributed by atoms with E-state index in [0.29, 0.717) is 16.4 Å². The van der Waals surface area contributed by atoms with Crippen molar-refractivity contribution < 1.29 is 18.0 Å². The number of thiazole rings is 1. The molecule has 2 rings (SSSR count). The fourth-order valence-electron chi connectivity index (χ4n) is 1.85. The van der Waals surface area contributed by atoms with Gasteiger partial charge >= 0.3 is 0 Å². The van der Waals surface area contributed by atoms with E-state index < -0.39 is 15.9 Å². The number of aromatic nitrogens is 1. The number of amides is 2. The number of rotatable bonds is 8. The van der Waals surface area contributed by atoms with Crippen LogP contribution in [-0.2, 0) is 20.6 Å². The summed E-state index contributed by atoms with van der Waals surface area (Å²) in [7, 11) is -0.649. The van der Waals surface area contributed by atoms with Crippen molar-refractivity contribution in [3.63, 3.8) is 0 Å². The molecule has 0 saturated heterocycles. The fraction of sp³-hybridized carbons (Fsp3) is 0.267. The van der Waals surface area contributed by atoms with Crippen LogP contribution in [0.25, 0.3) is 0 Å². The maximum Gasteiger partial charge on any atom is 0.257 e. The Morgan fingerprint density at radius 2 is 1.92 bits per heavy atom. The largest absolute Gasteiger partial charge is 0.369 e. The Labute approximate surface area is 159 Å². The van der Waals surface area contributed by atoms with Gasteiger partial charge in [-0.15, -0.1) is 23.1 Å². The molecule has 2 amide bonds. The summed E-state index contributed by atoms with van der Waals surface area (Å²) in [5.41, 5.74) is 6.13. The molecule has 2 aromatic rings. The van der Waals surface area contributed by atoms with E-state index in [1.807, 2.05) is 0 Å². The SMILES string of the molecule is CN(C)S(=O)(=O)c1ccc(C(=O)Nc2nc(CSCC(N)=O)cs2)cc1. The first-order valence-electron chi connectivity index (χ1n) is 7.34. The van der Waals surface area contributed by atoms with Crippen molar-refractivity contribution in [3.8, 4) is 0 Å². The lowest BCUT2D eigenvalue weighted by Crippen LogP contribution is -2.22. The standard InChI is InChI=1S/C15H18N4O4S3/c1-19(2)26(22,23)12-5-3-10(4-6-12)14(21)18-15-17-11(8-25-15)7-24-9-13(16)20/h3-6,8H,7,9H2,1-2H3,(H2,16,20)(H,17,18,21). The summed E-state index contributed by atoms with van der Waals surface area (Å²) < 4.78 is 25.1. The third-order valence-corrected chi connectivity index (χ3v) is 6.79. The van der Waals surface area contributed by atoms with Crippen molar-refractivity contribution in [1.29, 1.82) is 0 Å². The molecule has 8 nitrogen and oxygen atoms in total. The van der Waals surface area contributed by atoms with Crippen LogP contribution in [0.4, 0.5) is 5.13 Å². The molecular formula is C15H18N4O4S3. The minimum atomic E-state index is -3.53. The molecule has 1 aromatic heterocycles. The van der Waals surface area contributed by atoms with E-state index in [-0.39, 0.29) is 16.6 Å². The van der Waals surface area contributed by atoms with Crippen LogP contribution in [-0.4, -0.2) is 49.4 Å². The highest BCUT2D eigenvalue weighted by molar-refractivity contribution is 7.99. The summed E-state index contributed by atoms with van der Waals surface area (Å²) >= 11 is 2.61. The van der Waals surface area contributed by atoms with Gasteiger partial charge in [0.2, 0.25) is 15.9 Å². The van der Waals surface area contributed by atoms with Crippen molar-refractivity contribution in [2.24, 2.45) is 5.73 Å². The molecule has 11 heteroatoms. The molecule has 0 unspecified atom stereocenters. The molecule has 0 aliphatic rings. The normalized spacial score (nSPS) is 11.5. The van der Waals surface area contributed by atoms with E-state index >= 15 is 0 Å². The molecule has 0 bridgehead atoms. The minimum Gasteiger partial charge on any atom is -0.369 e. The van der Waals surface area contributed by atoms with E-state index in [9.17, 15) is 18.0 Å². The van der Waals surface area contributed by atoms with Gasteiger partial charge in [0, 0.05) is 30.8 Å². The Kier molecular flexibility index (Phi) is 6.75. The number of carbonyl (C=O) groups excluding carboxylic acids is 2. The summed E-state index contributed by atoms with van der Waals surface area (Å²) in [5, 5.41) is 4.88. The highest BCUT2D eigenvalue weighted by atomic mass is 32.2. The van der Waals surface area contributed by atoms with Crippen molar-refractivity contribution >= 4 is 50.1 Å². The topological polar surface area (TPSA) is 122 Å². The molecule has 140 valence electrons. The molecule has 26 heavy (non-hydrogen) atoms. The molecule has 0 aliphatic heterocycles. The Bertz CT molecular complexity index is 892. The van der Waals surface area contributed by atoms with Gasteiger partial charge in [-0.1, -0.05) is 0 Å². The second-order valence-electron chi connectivity index (χ2n) is 5.37. The van der Waals surface area contributed by atoms with Crippen molar-refractivity contribution in [1.82, 2.24) is 9.29 Å². The van der Waals surface area contributed by atoms with Crippen LogP contribution in [0.2, 0.25) is 0 Å². The Hall–Kier alpha value is -1.95. The van der Waals surface area contributed by atoms with Gasteiger partial charge in [-0.3, -0.25) is 14.9 Å². The van der Waals surface area contributed by atoms with Crippen LogP contribution in [0.15, 0.2) is 34.5 Å². The van der Waals surface area contributed by atoms with E-state index in [4.69, 9.17) is 5.73 Å². The minimum absolute atomic E-state index is 0.113. The summed E-state index contributed by atoms with van der Waals surface area (Å²) in [6.45, 7) is 0. The second-order valence-corrected chi connectivity index (χ2v) is 9.36. The number of carbonyl (C=O) groups is 2. The van der Waals surface area contributed by atoms with Crippen molar-refractivity contribution in [2.45, 2.75) is 10.6 Å². The van der Waals surface area contributed by atoms with Crippen LogP contribution in [0.5, 0.6) is 0 Å². The van der Waals surface area contributed by atoms with Gasteiger partial charge in [0.1, 0.15) is 0 Å². The molecule has 0 radical (unpaired) electrons. The Morgan fingerprint density at radius 3 is 2.50 bits per heavy atom. The van der Waals surface area contributed by atoms with Gasteiger partial charge in [0.25, 0.3) is 5.91 Å². The molecule has 0 spiro atoms. The van der Waals surface area contributed by atoms with E-state index in [1.54, 1.807) is 5.38 Å². The first-order valence-corrected chi connectivity index (χ1v) is 10.8. The van der Waals surface area contributed by atoms with Gasteiger partial charge in [0.15, 0.2) is 5.13 Å². The molecular weight excluding hydrogens is 396 g/mol. The number of benzene rings is 1. The lowest BCUT2D eigenvalue weighted by molar-refractivity contribution is -0.115. The zero-order valence-electron chi connectivity index (χ0n) is 14.1. The lowest BCUT2D eigenvalue weighted by Gasteiger charge is -2.11. The van der Waals surface area contributed by atoms with E-state index in [2.05, 4.69) is 10.3 Å². The molecule has 0 atom stereocenters. The third-order valence-electron chi connectivity index (χ3n) is 3.16. The molecule has 1 heterocycles. The van der Waals surface area contributed by atoms with Crippen LogP contribution < -0.4 is 11.1 Å². The number of nitrogens with zero attached hydrogens (tertiary/aromatic N) is 2. The monoisotopic (exact) mass is 414 g/mol. The van der Waals surface area contributed by atoms with Gasteiger partial charge in [-0.2, -0.15) is 0 Å². The van der Waals surface area contributed by atoms with Gasteiger partial charge in [-0.25, -0.2) is 17.7 Å². The number of thioether (sulfide) groups is 1. The highest BCUT2D eigenvalue weighted by Gasteiger charge is 2.17. The number of hydrogen-bond acceptors (Lipinski definition) is 7. The van der Waals surface area contributed by atoms with Gasteiger partial charge in [0.05, 0.1) is 16.3 Å². The molecule has 3 N–H and O–H groups in total. The van der Waals surface area contributed by atoms with Gasteiger partial charge < -0.3 is 5.73 Å². The quantitative estimate of drug-likeness (QED) is 0.672. The second kappa shape index (κ2) is 8.62. The lowest BCUT2D eigenvalue weighted by atomic mass is 10.2. The zero-order chi connectivity index (χ0) is 19.3. The van der Waals surface area contributed by atoms with Gasteiger partial charge in [-0.05, 0) is 24.3 Å². The zero-order valence-corrected chi connectivity index (χ0v) is 16.6. The summed E-state index contributed by atoms with van der Waals surface area (Å²) in [5.74, 6) is -0.0450. The van der Waals surface area contributed by atoms with Crippen LogP contribution in [0.3, 0.4) is 0 Å². The number of hydrogen-bond donors (Lipinski definition) is 2. The summed E-state index contributed by atoms with van der Waals surface area (Å²) in [6, 6.07) is 5.67. The Morgan fingerprint density at radius 1 is 1.27 bits per heavy atom. The fourth-order valence-corrected chi connectivity index (χ4v) is 4.22. The molecule has 0 saturated carbocycles. The first kappa shape index (κ1) is 20.4. The maximum absolute atomic E-state index is 12.3.